The molecule has 0 spiro atoms. The molecule has 0 aliphatic carbocycles. The fourth-order valence-electron chi connectivity index (χ4n) is 2.80. The third-order valence-electron chi connectivity index (χ3n) is 4.47. The number of carbonyl (C=O) groups is 1. The molecule has 4 N–H and O–H groups in total. The van der Waals surface area contributed by atoms with E-state index in [1.54, 1.807) is 55.5 Å². The zero-order valence-corrected chi connectivity index (χ0v) is 14.9. The lowest BCUT2D eigenvalue weighted by Crippen LogP contribution is -2.58. The summed E-state index contributed by atoms with van der Waals surface area (Å²) >= 11 is 0. The van der Waals surface area contributed by atoms with E-state index in [9.17, 15) is 20.1 Å². The first-order valence-electron chi connectivity index (χ1n) is 8.74. The Bertz CT molecular complexity index is 751. The summed E-state index contributed by atoms with van der Waals surface area (Å²) < 4.78 is 11.0. The van der Waals surface area contributed by atoms with E-state index in [2.05, 4.69) is 5.32 Å². The first-order chi connectivity index (χ1) is 13.0. The molecule has 3 rings (SSSR count). The monoisotopic (exact) mass is 373 g/mol. The molecule has 1 aliphatic heterocycles. The summed E-state index contributed by atoms with van der Waals surface area (Å²) in [4.78, 5) is 12.0. The average molecular weight is 373 g/mol. The lowest BCUT2D eigenvalue weighted by molar-refractivity contribution is -0.268. The minimum Gasteiger partial charge on any atom is -0.462 e. The maximum atomic E-state index is 12.0. The molecule has 144 valence electrons. The van der Waals surface area contributed by atoms with Gasteiger partial charge in [0.05, 0.1) is 6.10 Å². The van der Waals surface area contributed by atoms with Crippen molar-refractivity contribution in [3.05, 3.63) is 65.7 Å². The molecule has 7 heteroatoms. The smallest absolute Gasteiger partial charge is 0.251 e. The zero-order valence-electron chi connectivity index (χ0n) is 14.9. The van der Waals surface area contributed by atoms with E-state index in [-0.39, 0.29) is 5.91 Å². The number of hydrogen-bond acceptors (Lipinski definition) is 6. The highest BCUT2D eigenvalue weighted by molar-refractivity contribution is 5.94. The minimum atomic E-state index is -1.36. The highest BCUT2D eigenvalue weighted by Gasteiger charge is 2.43. The molecule has 7 nitrogen and oxygen atoms in total. The number of carbonyl (C=O) groups excluding carboxylic acids is 1. The molecular formula is C20H23NO6. The van der Waals surface area contributed by atoms with Crippen molar-refractivity contribution in [3.63, 3.8) is 0 Å². The van der Waals surface area contributed by atoms with Crippen LogP contribution in [0.1, 0.15) is 22.8 Å². The number of rotatable bonds is 5. The van der Waals surface area contributed by atoms with Gasteiger partial charge in [-0.3, -0.25) is 4.79 Å². The van der Waals surface area contributed by atoms with Gasteiger partial charge in [0.25, 0.3) is 5.91 Å². The van der Waals surface area contributed by atoms with Crippen molar-refractivity contribution in [2.45, 2.75) is 44.2 Å². The third kappa shape index (κ3) is 4.64. The van der Waals surface area contributed by atoms with Crippen molar-refractivity contribution in [1.82, 2.24) is 5.32 Å². The maximum Gasteiger partial charge on any atom is 0.251 e. The number of nitrogens with one attached hydrogen (secondary N) is 1. The van der Waals surface area contributed by atoms with Crippen LogP contribution in [0, 0.1) is 0 Å². The second-order valence-electron chi connectivity index (χ2n) is 6.49. The van der Waals surface area contributed by atoms with Crippen LogP contribution >= 0.6 is 0 Å². The van der Waals surface area contributed by atoms with Crippen LogP contribution in [0.15, 0.2) is 54.6 Å². The lowest BCUT2D eigenvalue weighted by Gasteiger charge is -2.38. The summed E-state index contributed by atoms with van der Waals surface area (Å²) in [6.07, 6.45) is -5.62. The summed E-state index contributed by atoms with van der Waals surface area (Å²) in [5.74, 6) is 0.282. The number of aliphatic hydroxyl groups is 3. The van der Waals surface area contributed by atoms with Gasteiger partial charge in [-0.25, -0.2) is 0 Å². The standard InChI is InChI=1S/C20H23NO6/c1-12-16(22)17(23)18(24)20(26-12)27-15-9-7-13(8-10-15)11-21-19(25)14-5-3-2-4-6-14/h2-10,12,16-18,20,22-24H,11H2,1H3,(H,21,25)/t12-,16+,17+,18-,20-/m0/s1. The molecule has 5 atom stereocenters. The van der Waals surface area contributed by atoms with Crippen molar-refractivity contribution in [3.8, 4) is 5.75 Å². The van der Waals surface area contributed by atoms with E-state index < -0.39 is 30.7 Å². The minimum absolute atomic E-state index is 0.156. The van der Waals surface area contributed by atoms with Gasteiger partial charge in [0.2, 0.25) is 6.29 Å². The number of hydrogen-bond donors (Lipinski definition) is 4. The van der Waals surface area contributed by atoms with Crippen LogP contribution in [-0.2, 0) is 11.3 Å². The maximum absolute atomic E-state index is 12.0. The Balaban J connectivity index is 1.55. The molecule has 0 saturated carbocycles. The highest BCUT2D eigenvalue weighted by atomic mass is 16.7. The fourth-order valence-corrected chi connectivity index (χ4v) is 2.80. The van der Waals surface area contributed by atoms with Crippen molar-refractivity contribution in [2.75, 3.05) is 0 Å². The zero-order chi connectivity index (χ0) is 19.4. The first-order valence-corrected chi connectivity index (χ1v) is 8.74. The molecule has 27 heavy (non-hydrogen) atoms. The van der Waals surface area contributed by atoms with Gasteiger partial charge in [-0.2, -0.15) is 0 Å². The van der Waals surface area contributed by atoms with Gasteiger partial charge in [0.1, 0.15) is 24.1 Å². The van der Waals surface area contributed by atoms with E-state index in [0.717, 1.165) is 5.56 Å². The van der Waals surface area contributed by atoms with E-state index in [0.29, 0.717) is 17.9 Å². The molecule has 1 heterocycles. The summed E-state index contributed by atoms with van der Waals surface area (Å²) in [7, 11) is 0. The first kappa shape index (κ1) is 19.3. The van der Waals surface area contributed by atoms with Crippen LogP contribution in [0.4, 0.5) is 0 Å². The molecule has 0 bridgehead atoms. The van der Waals surface area contributed by atoms with Crippen LogP contribution in [0.5, 0.6) is 5.75 Å². The second kappa shape index (κ2) is 8.49. The highest BCUT2D eigenvalue weighted by Crippen LogP contribution is 2.24. The number of aliphatic hydroxyl groups excluding tert-OH is 3. The van der Waals surface area contributed by atoms with Crippen molar-refractivity contribution < 1.29 is 29.6 Å². The molecule has 2 aromatic rings. The van der Waals surface area contributed by atoms with Crippen molar-refractivity contribution in [2.24, 2.45) is 0 Å². The van der Waals surface area contributed by atoms with Gasteiger partial charge in [0, 0.05) is 12.1 Å². The van der Waals surface area contributed by atoms with Crippen LogP contribution in [0.25, 0.3) is 0 Å². The Morgan fingerprint density at radius 1 is 1.00 bits per heavy atom. The fraction of sp³-hybridized carbons (Fsp3) is 0.350. The van der Waals surface area contributed by atoms with Crippen LogP contribution in [0.2, 0.25) is 0 Å². The Morgan fingerprint density at radius 3 is 2.33 bits per heavy atom. The van der Waals surface area contributed by atoms with Gasteiger partial charge in [-0.05, 0) is 36.8 Å². The summed E-state index contributed by atoms with van der Waals surface area (Å²) in [5.41, 5.74) is 1.47. The SMILES string of the molecule is C[C@@H]1O[C@@H](Oc2ccc(CNC(=O)c3ccccc3)cc2)[C@@H](O)[C@H](O)[C@@H]1O. The van der Waals surface area contributed by atoms with Crippen LogP contribution in [0.3, 0.4) is 0 Å². The number of amides is 1. The summed E-state index contributed by atoms with van der Waals surface area (Å²) in [6, 6.07) is 15.9. The van der Waals surface area contributed by atoms with E-state index in [1.807, 2.05) is 6.07 Å². The van der Waals surface area contributed by atoms with Crippen LogP contribution in [-0.4, -0.2) is 51.9 Å². The molecule has 1 aliphatic rings. The molecule has 1 saturated heterocycles. The molecule has 0 unspecified atom stereocenters. The van der Waals surface area contributed by atoms with Gasteiger partial charge in [-0.15, -0.1) is 0 Å². The lowest BCUT2D eigenvalue weighted by atomic mass is 10.00. The topological polar surface area (TPSA) is 108 Å². The third-order valence-corrected chi connectivity index (χ3v) is 4.47. The molecule has 1 amide bonds. The number of ether oxygens (including phenoxy) is 2. The van der Waals surface area contributed by atoms with Crippen LogP contribution < -0.4 is 10.1 Å². The van der Waals surface area contributed by atoms with Crippen molar-refractivity contribution in [1.29, 1.82) is 0 Å². The quantitative estimate of drug-likeness (QED) is 0.618. The summed E-state index contributed by atoms with van der Waals surface area (Å²) in [5, 5.41) is 32.3. The molecule has 0 radical (unpaired) electrons. The number of benzene rings is 2. The average Bonchev–Trinajstić information content (AvgIpc) is 2.70. The Morgan fingerprint density at radius 2 is 1.67 bits per heavy atom. The van der Waals surface area contributed by atoms with Gasteiger partial charge >= 0.3 is 0 Å². The molecular weight excluding hydrogens is 350 g/mol. The van der Waals surface area contributed by atoms with Gasteiger partial charge in [0.15, 0.2) is 0 Å². The molecule has 1 fully saturated rings. The summed E-state index contributed by atoms with van der Waals surface area (Å²) in [6.45, 7) is 1.95. The predicted octanol–water partition coefficient (Wildman–Crippen LogP) is 0.823. The predicted molar refractivity (Wildman–Crippen MR) is 97.0 cm³/mol. The van der Waals surface area contributed by atoms with Gasteiger partial charge < -0.3 is 30.1 Å². The Labute approximate surface area is 157 Å². The molecule has 2 aromatic carbocycles. The van der Waals surface area contributed by atoms with E-state index >= 15 is 0 Å². The Hall–Kier alpha value is -2.45. The van der Waals surface area contributed by atoms with E-state index in [1.165, 1.54) is 0 Å². The van der Waals surface area contributed by atoms with Crippen molar-refractivity contribution >= 4 is 5.91 Å². The normalized spacial score (nSPS) is 27.8. The Kier molecular flexibility index (Phi) is 6.08. The van der Waals surface area contributed by atoms with Gasteiger partial charge in [-0.1, -0.05) is 30.3 Å². The van der Waals surface area contributed by atoms with E-state index in [4.69, 9.17) is 9.47 Å². The second-order valence-corrected chi connectivity index (χ2v) is 6.49. The molecule has 0 aromatic heterocycles. The largest absolute Gasteiger partial charge is 0.462 e.